The second kappa shape index (κ2) is 9.30. The SMILES string of the molecule is COc1cc2c(cc1OC)CN(C1CCCN(C(=O)CCn3nc(C)cc3C)C1)CC2. The van der Waals surface area contributed by atoms with E-state index in [1.165, 1.54) is 11.1 Å². The number of nitrogens with zero attached hydrogens (tertiary/aromatic N) is 4. The van der Waals surface area contributed by atoms with Crippen LogP contribution in [-0.2, 0) is 24.3 Å². The summed E-state index contributed by atoms with van der Waals surface area (Å²) in [4.78, 5) is 17.5. The molecule has 7 nitrogen and oxygen atoms in total. The third-order valence-electron chi connectivity index (χ3n) is 6.65. The summed E-state index contributed by atoms with van der Waals surface area (Å²) in [6, 6.07) is 6.69. The van der Waals surface area contributed by atoms with Crippen LogP contribution in [-0.4, -0.2) is 65.4 Å². The summed E-state index contributed by atoms with van der Waals surface area (Å²) in [5.74, 6) is 1.82. The van der Waals surface area contributed by atoms with Crippen LogP contribution in [0.2, 0.25) is 0 Å². The van der Waals surface area contributed by atoms with Crippen molar-refractivity contribution in [3.8, 4) is 11.5 Å². The Morgan fingerprint density at radius 3 is 2.52 bits per heavy atom. The Balaban J connectivity index is 1.37. The van der Waals surface area contributed by atoms with E-state index in [9.17, 15) is 4.79 Å². The number of aromatic nitrogens is 2. The fraction of sp³-hybridized carbons (Fsp3) is 0.583. The fourth-order valence-corrected chi connectivity index (χ4v) is 4.96. The molecular formula is C24H34N4O3. The van der Waals surface area contributed by atoms with Crippen LogP contribution in [0.15, 0.2) is 18.2 Å². The Hall–Kier alpha value is -2.54. The third kappa shape index (κ3) is 4.71. The molecule has 7 heteroatoms. The minimum Gasteiger partial charge on any atom is -0.493 e. The van der Waals surface area contributed by atoms with Crippen molar-refractivity contribution in [1.82, 2.24) is 19.6 Å². The van der Waals surface area contributed by atoms with Crippen molar-refractivity contribution >= 4 is 5.91 Å². The summed E-state index contributed by atoms with van der Waals surface area (Å²) in [6.07, 6.45) is 3.71. The van der Waals surface area contributed by atoms with E-state index in [1.807, 2.05) is 18.5 Å². The first-order valence-corrected chi connectivity index (χ1v) is 11.2. The van der Waals surface area contributed by atoms with Crippen LogP contribution in [0.3, 0.4) is 0 Å². The quantitative estimate of drug-likeness (QED) is 0.711. The molecule has 1 aromatic heterocycles. The first-order valence-electron chi connectivity index (χ1n) is 11.2. The second-order valence-electron chi connectivity index (χ2n) is 8.73. The molecular weight excluding hydrogens is 392 g/mol. The van der Waals surface area contributed by atoms with Crippen molar-refractivity contribution in [2.45, 2.75) is 58.7 Å². The van der Waals surface area contributed by atoms with Crippen molar-refractivity contribution in [1.29, 1.82) is 0 Å². The predicted molar refractivity (Wildman–Crippen MR) is 120 cm³/mol. The van der Waals surface area contributed by atoms with Crippen LogP contribution in [0.5, 0.6) is 11.5 Å². The minimum absolute atomic E-state index is 0.237. The normalized spacial score (nSPS) is 19.2. The van der Waals surface area contributed by atoms with Crippen LogP contribution in [0.25, 0.3) is 0 Å². The van der Waals surface area contributed by atoms with Crippen molar-refractivity contribution in [3.05, 3.63) is 40.7 Å². The van der Waals surface area contributed by atoms with E-state index in [0.717, 1.165) is 68.3 Å². The van der Waals surface area contributed by atoms with Gasteiger partial charge in [0, 0.05) is 50.9 Å². The maximum Gasteiger partial charge on any atom is 0.224 e. The number of hydrogen-bond donors (Lipinski definition) is 0. The zero-order valence-electron chi connectivity index (χ0n) is 19.2. The number of aryl methyl sites for hydroxylation is 3. The summed E-state index contributed by atoms with van der Waals surface area (Å²) >= 11 is 0. The van der Waals surface area contributed by atoms with Crippen LogP contribution >= 0.6 is 0 Å². The smallest absolute Gasteiger partial charge is 0.224 e. The molecule has 2 aliphatic rings. The molecule has 1 fully saturated rings. The number of likely N-dealkylation sites (tertiary alicyclic amines) is 1. The molecule has 1 atom stereocenters. The van der Waals surface area contributed by atoms with Gasteiger partial charge in [-0.05, 0) is 62.4 Å². The van der Waals surface area contributed by atoms with Crippen LogP contribution in [0.1, 0.15) is 41.8 Å². The van der Waals surface area contributed by atoms with Gasteiger partial charge in [0.1, 0.15) is 0 Å². The molecule has 1 saturated heterocycles. The second-order valence-corrected chi connectivity index (χ2v) is 8.73. The molecule has 0 spiro atoms. The van der Waals surface area contributed by atoms with Crippen LogP contribution in [0, 0.1) is 13.8 Å². The molecule has 0 saturated carbocycles. The standard InChI is InChI=1S/C24H34N4O3/c1-17-12-18(2)28(25-17)11-8-24(29)27-9-5-6-21(16-27)26-10-7-19-13-22(30-3)23(31-4)14-20(19)15-26/h12-14,21H,5-11,15-16H2,1-4H3. The molecule has 0 aliphatic carbocycles. The largest absolute Gasteiger partial charge is 0.493 e. The lowest BCUT2D eigenvalue weighted by Crippen LogP contribution is -2.51. The summed E-state index contributed by atoms with van der Waals surface area (Å²) in [7, 11) is 3.36. The number of ether oxygens (including phenoxy) is 2. The van der Waals surface area contributed by atoms with Crippen molar-refractivity contribution in [3.63, 3.8) is 0 Å². The molecule has 1 aromatic carbocycles. The van der Waals surface area contributed by atoms with Gasteiger partial charge < -0.3 is 14.4 Å². The predicted octanol–water partition coefficient (Wildman–Crippen LogP) is 2.96. The van der Waals surface area contributed by atoms with Crippen molar-refractivity contribution in [2.24, 2.45) is 0 Å². The molecule has 2 aliphatic heterocycles. The lowest BCUT2D eigenvalue weighted by atomic mass is 9.95. The van der Waals surface area contributed by atoms with Gasteiger partial charge in [-0.1, -0.05) is 0 Å². The topological polar surface area (TPSA) is 59.8 Å². The molecule has 4 rings (SSSR count). The molecule has 3 heterocycles. The summed E-state index contributed by atoms with van der Waals surface area (Å²) in [5.41, 5.74) is 4.75. The summed E-state index contributed by atoms with van der Waals surface area (Å²) < 4.78 is 12.9. The van der Waals surface area contributed by atoms with E-state index >= 15 is 0 Å². The number of carbonyl (C=O) groups excluding carboxylic acids is 1. The lowest BCUT2D eigenvalue weighted by molar-refractivity contribution is -0.133. The molecule has 1 unspecified atom stereocenters. The van der Waals surface area contributed by atoms with Gasteiger partial charge in [-0.3, -0.25) is 14.4 Å². The molecule has 0 bridgehead atoms. The fourth-order valence-electron chi connectivity index (χ4n) is 4.96. The molecule has 2 aromatic rings. The number of hydrogen-bond acceptors (Lipinski definition) is 5. The average Bonchev–Trinajstić information content (AvgIpc) is 3.12. The Kier molecular flexibility index (Phi) is 6.51. The number of piperidine rings is 1. The summed E-state index contributed by atoms with van der Waals surface area (Å²) in [6.45, 7) is 8.27. The monoisotopic (exact) mass is 426 g/mol. The molecule has 31 heavy (non-hydrogen) atoms. The molecule has 1 amide bonds. The highest BCUT2D eigenvalue weighted by molar-refractivity contribution is 5.76. The van der Waals surface area contributed by atoms with Crippen molar-refractivity contribution in [2.75, 3.05) is 33.9 Å². The maximum atomic E-state index is 12.9. The minimum atomic E-state index is 0.237. The van der Waals surface area contributed by atoms with E-state index in [1.54, 1.807) is 14.2 Å². The Labute approximate surface area is 184 Å². The van der Waals surface area contributed by atoms with Gasteiger partial charge in [0.25, 0.3) is 0 Å². The van der Waals surface area contributed by atoms with E-state index in [-0.39, 0.29) is 5.91 Å². The Morgan fingerprint density at radius 1 is 1.10 bits per heavy atom. The van der Waals surface area contributed by atoms with Crippen molar-refractivity contribution < 1.29 is 14.3 Å². The zero-order valence-corrected chi connectivity index (χ0v) is 19.2. The van der Waals surface area contributed by atoms with Gasteiger partial charge in [0.2, 0.25) is 5.91 Å². The molecule has 0 N–H and O–H groups in total. The summed E-state index contributed by atoms with van der Waals surface area (Å²) in [5, 5.41) is 4.48. The van der Waals surface area contributed by atoms with Gasteiger partial charge in [-0.15, -0.1) is 0 Å². The first kappa shape index (κ1) is 21.7. The van der Waals surface area contributed by atoms with Gasteiger partial charge in [0.15, 0.2) is 11.5 Å². The number of fused-ring (bicyclic) bond motifs is 1. The number of rotatable bonds is 6. The van der Waals surface area contributed by atoms with E-state index in [0.29, 0.717) is 19.0 Å². The number of benzene rings is 1. The Bertz CT molecular complexity index is 939. The van der Waals surface area contributed by atoms with E-state index < -0.39 is 0 Å². The van der Waals surface area contributed by atoms with Crippen LogP contribution < -0.4 is 9.47 Å². The van der Waals surface area contributed by atoms with E-state index in [4.69, 9.17) is 9.47 Å². The lowest BCUT2D eigenvalue weighted by Gasteiger charge is -2.41. The highest BCUT2D eigenvalue weighted by Crippen LogP contribution is 2.34. The Morgan fingerprint density at radius 2 is 1.84 bits per heavy atom. The number of carbonyl (C=O) groups is 1. The van der Waals surface area contributed by atoms with Gasteiger partial charge in [-0.2, -0.15) is 5.10 Å². The van der Waals surface area contributed by atoms with Gasteiger partial charge >= 0.3 is 0 Å². The maximum absolute atomic E-state index is 12.9. The highest BCUT2D eigenvalue weighted by atomic mass is 16.5. The van der Waals surface area contributed by atoms with E-state index in [2.05, 4.69) is 33.1 Å². The average molecular weight is 427 g/mol. The first-order chi connectivity index (χ1) is 15.0. The number of methoxy groups -OCH3 is 2. The van der Waals surface area contributed by atoms with Crippen LogP contribution in [0.4, 0.5) is 0 Å². The zero-order chi connectivity index (χ0) is 22.0. The highest BCUT2D eigenvalue weighted by Gasteiger charge is 2.30. The third-order valence-corrected chi connectivity index (χ3v) is 6.65. The molecule has 168 valence electrons. The van der Waals surface area contributed by atoms with Gasteiger partial charge in [0.05, 0.1) is 19.9 Å². The van der Waals surface area contributed by atoms with Gasteiger partial charge in [-0.25, -0.2) is 0 Å². The molecule has 0 radical (unpaired) electrons. The number of amides is 1.